The Labute approximate surface area is 281 Å². The standard InChI is InChI=1S/C44H29N3Si/c1-46-40-30-32(28-29-43(40)47-41-25-13-11-22-37(41)38-23-12-14-26-42(38)47)36-24-15-27-44(39(36)31-45)48(33-16-5-2-6-17-33,34-18-7-3-8-19-34)35-20-9-4-10-21-35/h2-30H. The largest absolute Gasteiger partial charge is 0.319 e. The van der Waals surface area contributed by atoms with E-state index in [1.165, 1.54) is 15.6 Å². The molecule has 224 valence electrons. The van der Waals surface area contributed by atoms with E-state index < -0.39 is 8.07 Å². The summed E-state index contributed by atoms with van der Waals surface area (Å²) in [6.45, 7) is 8.29. The lowest BCUT2D eigenvalue weighted by Gasteiger charge is -2.35. The van der Waals surface area contributed by atoms with Crippen LogP contribution in [0.3, 0.4) is 0 Å². The Balaban J connectivity index is 1.39. The zero-order valence-corrected chi connectivity index (χ0v) is 27.1. The van der Waals surface area contributed by atoms with E-state index in [-0.39, 0.29) is 0 Å². The van der Waals surface area contributed by atoms with E-state index in [0.29, 0.717) is 11.3 Å². The lowest BCUT2D eigenvalue weighted by atomic mass is 9.99. The third-order valence-corrected chi connectivity index (χ3v) is 14.3. The summed E-state index contributed by atoms with van der Waals surface area (Å²) in [4.78, 5) is 4.05. The van der Waals surface area contributed by atoms with Gasteiger partial charge in [0.05, 0.1) is 34.9 Å². The van der Waals surface area contributed by atoms with Gasteiger partial charge < -0.3 is 4.57 Å². The van der Waals surface area contributed by atoms with Crippen molar-refractivity contribution in [3.8, 4) is 22.9 Å². The summed E-state index contributed by atoms with van der Waals surface area (Å²) in [7, 11) is -2.95. The number of hydrogen-bond acceptors (Lipinski definition) is 1. The predicted molar refractivity (Wildman–Crippen MR) is 201 cm³/mol. The Morgan fingerprint density at radius 2 is 1.04 bits per heavy atom. The van der Waals surface area contributed by atoms with E-state index in [1.54, 1.807) is 0 Å². The zero-order chi connectivity index (χ0) is 32.5. The second-order valence-electron chi connectivity index (χ2n) is 11.9. The average molecular weight is 628 g/mol. The zero-order valence-electron chi connectivity index (χ0n) is 26.1. The van der Waals surface area contributed by atoms with Gasteiger partial charge in [0, 0.05) is 10.8 Å². The molecule has 8 aromatic rings. The van der Waals surface area contributed by atoms with Gasteiger partial charge in [-0.25, -0.2) is 4.85 Å². The fourth-order valence-corrected chi connectivity index (χ4v) is 12.3. The average Bonchev–Trinajstić information content (AvgIpc) is 3.50. The molecule has 0 aliphatic heterocycles. The molecule has 0 radical (unpaired) electrons. The summed E-state index contributed by atoms with van der Waals surface area (Å²) >= 11 is 0. The first-order valence-electron chi connectivity index (χ1n) is 16.0. The number of nitrogens with zero attached hydrogens (tertiary/aromatic N) is 3. The molecule has 0 amide bonds. The first kappa shape index (κ1) is 29.0. The summed E-state index contributed by atoms with van der Waals surface area (Å²) in [5, 5.41) is 18.0. The molecular formula is C44H29N3Si. The minimum Gasteiger partial charge on any atom is -0.319 e. The highest BCUT2D eigenvalue weighted by molar-refractivity contribution is 7.20. The molecule has 0 aliphatic carbocycles. The third kappa shape index (κ3) is 4.48. The number of fused-ring (bicyclic) bond motifs is 3. The van der Waals surface area contributed by atoms with Gasteiger partial charge in [-0.2, -0.15) is 5.26 Å². The second kappa shape index (κ2) is 12.0. The molecule has 0 spiro atoms. The van der Waals surface area contributed by atoms with Crippen LogP contribution >= 0.6 is 0 Å². The number of rotatable bonds is 6. The van der Waals surface area contributed by atoms with Crippen LogP contribution in [-0.2, 0) is 0 Å². The summed E-state index contributed by atoms with van der Waals surface area (Å²) in [5.74, 6) is 0. The molecule has 1 heterocycles. The first-order valence-corrected chi connectivity index (χ1v) is 18.0. The molecule has 7 aromatic carbocycles. The second-order valence-corrected chi connectivity index (χ2v) is 15.6. The summed E-state index contributed by atoms with van der Waals surface area (Å²) < 4.78 is 2.18. The Bertz CT molecular complexity index is 2370. The number of nitriles is 1. The highest BCUT2D eigenvalue weighted by Crippen LogP contribution is 2.38. The molecule has 0 bridgehead atoms. The summed E-state index contributed by atoms with van der Waals surface area (Å²) in [6, 6.07) is 63.5. The Morgan fingerprint density at radius 1 is 0.542 bits per heavy atom. The molecule has 0 unspecified atom stereocenters. The molecule has 0 saturated heterocycles. The minimum atomic E-state index is -2.95. The van der Waals surface area contributed by atoms with Gasteiger partial charge in [-0.3, -0.25) is 0 Å². The van der Waals surface area contributed by atoms with Crippen molar-refractivity contribution in [2.24, 2.45) is 0 Å². The maximum Gasteiger partial charge on any atom is 0.211 e. The maximum absolute atomic E-state index is 11.0. The van der Waals surface area contributed by atoms with Gasteiger partial charge in [0.15, 0.2) is 8.07 Å². The van der Waals surface area contributed by atoms with Crippen molar-refractivity contribution in [3.05, 3.63) is 193 Å². The van der Waals surface area contributed by atoms with Crippen LogP contribution in [0.1, 0.15) is 5.56 Å². The fourth-order valence-electron chi connectivity index (χ4n) is 7.41. The Hall–Kier alpha value is -6.46. The molecule has 4 heteroatoms. The molecule has 1 aromatic heterocycles. The van der Waals surface area contributed by atoms with Crippen molar-refractivity contribution in [3.63, 3.8) is 0 Å². The van der Waals surface area contributed by atoms with Gasteiger partial charge in [-0.05, 0) is 56.1 Å². The van der Waals surface area contributed by atoms with Gasteiger partial charge in [-0.1, -0.05) is 152 Å². The smallest absolute Gasteiger partial charge is 0.211 e. The molecule has 0 fully saturated rings. The molecule has 0 aliphatic rings. The van der Waals surface area contributed by atoms with Crippen molar-refractivity contribution >= 4 is 56.3 Å². The number of para-hydroxylation sites is 2. The van der Waals surface area contributed by atoms with E-state index in [9.17, 15) is 5.26 Å². The molecular weight excluding hydrogens is 599 g/mol. The Kier molecular flexibility index (Phi) is 7.27. The number of benzene rings is 7. The first-order chi connectivity index (χ1) is 23.8. The van der Waals surface area contributed by atoms with Crippen LogP contribution in [0.25, 0.3) is 43.5 Å². The van der Waals surface area contributed by atoms with Crippen LogP contribution in [0.5, 0.6) is 0 Å². The van der Waals surface area contributed by atoms with Crippen LogP contribution < -0.4 is 20.7 Å². The predicted octanol–water partition coefficient (Wildman–Crippen LogP) is 8.25. The Morgan fingerprint density at radius 3 is 1.54 bits per heavy atom. The molecule has 0 atom stereocenters. The van der Waals surface area contributed by atoms with Crippen LogP contribution in [0.15, 0.2) is 176 Å². The van der Waals surface area contributed by atoms with Crippen molar-refractivity contribution < 1.29 is 0 Å². The van der Waals surface area contributed by atoms with Crippen molar-refractivity contribution in [2.75, 3.05) is 0 Å². The lowest BCUT2D eigenvalue weighted by Crippen LogP contribution is -2.75. The van der Waals surface area contributed by atoms with Gasteiger partial charge >= 0.3 is 0 Å². The van der Waals surface area contributed by atoms with Crippen LogP contribution in [0.4, 0.5) is 5.69 Å². The fraction of sp³-hybridized carbons (Fsp3) is 0. The van der Waals surface area contributed by atoms with Gasteiger partial charge in [-0.15, -0.1) is 0 Å². The van der Waals surface area contributed by atoms with Crippen LogP contribution in [0, 0.1) is 17.9 Å². The van der Waals surface area contributed by atoms with E-state index in [1.807, 2.05) is 48.5 Å². The molecule has 8 rings (SSSR count). The van der Waals surface area contributed by atoms with E-state index >= 15 is 0 Å². The van der Waals surface area contributed by atoms with Crippen molar-refractivity contribution in [1.82, 2.24) is 4.57 Å². The van der Waals surface area contributed by atoms with Crippen molar-refractivity contribution in [1.29, 1.82) is 5.26 Å². The van der Waals surface area contributed by atoms with E-state index in [4.69, 9.17) is 6.57 Å². The van der Waals surface area contributed by atoms with Gasteiger partial charge in [0.1, 0.15) is 0 Å². The van der Waals surface area contributed by atoms with Crippen molar-refractivity contribution in [2.45, 2.75) is 0 Å². The van der Waals surface area contributed by atoms with Gasteiger partial charge in [0.2, 0.25) is 5.69 Å². The van der Waals surface area contributed by atoms with Crippen LogP contribution in [-0.4, -0.2) is 12.6 Å². The lowest BCUT2D eigenvalue weighted by molar-refractivity contribution is 1.19. The SMILES string of the molecule is [C-]#[N+]c1cc(-c2cccc([Si](c3ccccc3)(c3ccccc3)c3ccccc3)c2C#N)ccc1-n1c2ccccc2c2ccccc21. The van der Waals surface area contributed by atoms with E-state index in [0.717, 1.165) is 43.8 Å². The quantitative estimate of drug-likeness (QED) is 0.104. The minimum absolute atomic E-state index is 0.533. The number of hydrogen-bond donors (Lipinski definition) is 0. The molecule has 48 heavy (non-hydrogen) atoms. The van der Waals surface area contributed by atoms with Gasteiger partial charge in [0.25, 0.3) is 0 Å². The highest BCUT2D eigenvalue weighted by Gasteiger charge is 2.43. The van der Waals surface area contributed by atoms with Crippen LogP contribution in [0.2, 0.25) is 0 Å². The highest BCUT2D eigenvalue weighted by atomic mass is 28.3. The molecule has 3 nitrogen and oxygen atoms in total. The normalized spacial score (nSPS) is 11.3. The maximum atomic E-state index is 11.0. The monoisotopic (exact) mass is 627 g/mol. The molecule has 0 N–H and O–H groups in total. The summed E-state index contributed by atoms with van der Waals surface area (Å²) in [6.07, 6.45) is 0. The topological polar surface area (TPSA) is 33.1 Å². The summed E-state index contributed by atoms with van der Waals surface area (Å²) in [5.41, 5.74) is 5.78. The third-order valence-electron chi connectivity index (χ3n) is 9.43. The number of aromatic nitrogens is 1. The molecule has 0 saturated carbocycles. The van der Waals surface area contributed by atoms with E-state index in [2.05, 4.69) is 143 Å².